The zero-order chi connectivity index (χ0) is 20.8. The quantitative estimate of drug-likeness (QED) is 0.568. The smallest absolute Gasteiger partial charge is 0.410 e. The number of ether oxygens (including phenoxy) is 1. The second kappa shape index (κ2) is 7.74. The van der Waals surface area contributed by atoms with Crippen molar-refractivity contribution in [3.8, 4) is 11.3 Å². The molecule has 1 saturated heterocycles. The number of amides is 1. The first-order valence-electron chi connectivity index (χ1n) is 10.2. The summed E-state index contributed by atoms with van der Waals surface area (Å²) in [5.41, 5.74) is 1.29. The van der Waals surface area contributed by atoms with Crippen LogP contribution in [0.2, 0.25) is 0 Å². The van der Waals surface area contributed by atoms with E-state index in [1.165, 1.54) is 12.1 Å². The molecule has 0 N–H and O–H groups in total. The fourth-order valence-corrected chi connectivity index (χ4v) is 4.62. The van der Waals surface area contributed by atoms with Crippen molar-refractivity contribution in [1.82, 2.24) is 14.5 Å². The molecule has 7 heteroatoms. The Balaban J connectivity index is 1.55. The molecule has 5 nitrogen and oxygen atoms in total. The number of hydrogen-bond acceptors (Lipinski definition) is 3. The van der Waals surface area contributed by atoms with E-state index in [9.17, 15) is 9.18 Å². The second-order valence-electron chi connectivity index (χ2n) is 8.96. The van der Waals surface area contributed by atoms with Crippen LogP contribution in [-0.2, 0) is 4.74 Å². The van der Waals surface area contributed by atoms with Crippen molar-refractivity contribution in [1.29, 1.82) is 0 Å². The average Bonchev–Trinajstić information content (AvgIpc) is 3.45. The minimum atomic E-state index is -0.482. The lowest BCUT2D eigenvalue weighted by atomic mass is 10.0. The van der Waals surface area contributed by atoms with Crippen molar-refractivity contribution >= 4 is 22.0 Å². The molecule has 1 aliphatic carbocycles. The van der Waals surface area contributed by atoms with Gasteiger partial charge in [0.05, 0.1) is 0 Å². The Bertz CT molecular complexity index is 892. The second-order valence-corrected chi connectivity index (χ2v) is 9.71. The molecule has 2 aromatic rings. The molecular weight excluding hydrogens is 437 g/mol. The van der Waals surface area contributed by atoms with Gasteiger partial charge in [-0.25, -0.2) is 14.2 Å². The summed E-state index contributed by atoms with van der Waals surface area (Å²) in [6, 6.07) is 6.76. The molecule has 4 rings (SSSR count). The van der Waals surface area contributed by atoms with Crippen LogP contribution < -0.4 is 0 Å². The lowest BCUT2D eigenvalue weighted by molar-refractivity contribution is 0.0187. The summed E-state index contributed by atoms with van der Waals surface area (Å²) >= 11 is 3.77. The predicted molar refractivity (Wildman–Crippen MR) is 113 cm³/mol. The molecule has 1 aliphatic heterocycles. The molecule has 0 radical (unpaired) electrons. The van der Waals surface area contributed by atoms with Crippen molar-refractivity contribution in [2.45, 2.75) is 64.0 Å². The molecule has 0 bridgehead atoms. The van der Waals surface area contributed by atoms with Crippen molar-refractivity contribution < 1.29 is 13.9 Å². The van der Waals surface area contributed by atoms with Gasteiger partial charge in [-0.3, -0.25) is 0 Å². The van der Waals surface area contributed by atoms with Gasteiger partial charge in [0.15, 0.2) is 0 Å². The van der Waals surface area contributed by atoms with Crippen LogP contribution in [0.5, 0.6) is 0 Å². The number of imidazole rings is 1. The van der Waals surface area contributed by atoms with Crippen LogP contribution in [0.15, 0.2) is 28.9 Å². The maximum atomic E-state index is 13.3. The molecule has 156 valence electrons. The third-order valence-corrected chi connectivity index (χ3v) is 6.18. The molecule has 0 unspecified atom stereocenters. The average molecular weight is 464 g/mol. The highest BCUT2D eigenvalue weighted by Crippen LogP contribution is 2.45. The molecule has 0 atom stereocenters. The molecule has 1 aromatic carbocycles. The van der Waals surface area contributed by atoms with Gasteiger partial charge in [0.2, 0.25) is 0 Å². The minimum Gasteiger partial charge on any atom is -0.444 e. The first-order valence-corrected chi connectivity index (χ1v) is 11.0. The molecule has 29 heavy (non-hydrogen) atoms. The monoisotopic (exact) mass is 463 g/mol. The van der Waals surface area contributed by atoms with Crippen LogP contribution in [-0.4, -0.2) is 39.2 Å². The van der Waals surface area contributed by atoms with E-state index in [4.69, 9.17) is 9.72 Å². The Morgan fingerprint density at radius 3 is 2.31 bits per heavy atom. The third-order valence-electron chi connectivity index (χ3n) is 5.42. The zero-order valence-corrected chi connectivity index (χ0v) is 18.7. The van der Waals surface area contributed by atoms with Crippen LogP contribution in [0.3, 0.4) is 0 Å². The van der Waals surface area contributed by atoms with Gasteiger partial charge in [0.25, 0.3) is 0 Å². The largest absolute Gasteiger partial charge is 0.444 e. The first kappa shape index (κ1) is 20.4. The fourth-order valence-electron chi connectivity index (χ4n) is 3.83. The SMILES string of the molecule is CC(C)(C)OC(=O)N1CCC(n2c(C3CC3)nc(-c3ccc(F)cc3)c2Br)CC1. The summed E-state index contributed by atoms with van der Waals surface area (Å²) < 4.78 is 22.1. The van der Waals surface area contributed by atoms with Gasteiger partial charge in [-0.05, 0) is 86.6 Å². The van der Waals surface area contributed by atoms with E-state index in [0.29, 0.717) is 19.0 Å². The summed E-state index contributed by atoms with van der Waals surface area (Å²) in [6.45, 7) is 7.00. The Morgan fingerprint density at radius 2 is 1.76 bits per heavy atom. The van der Waals surface area contributed by atoms with E-state index >= 15 is 0 Å². The van der Waals surface area contributed by atoms with Gasteiger partial charge in [-0.15, -0.1) is 0 Å². The van der Waals surface area contributed by atoms with Gasteiger partial charge in [0.1, 0.15) is 27.5 Å². The van der Waals surface area contributed by atoms with Crippen LogP contribution in [0.4, 0.5) is 9.18 Å². The lowest BCUT2D eigenvalue weighted by Gasteiger charge is -2.34. The molecule has 2 heterocycles. The van der Waals surface area contributed by atoms with Crippen LogP contribution in [0.1, 0.15) is 64.2 Å². The van der Waals surface area contributed by atoms with Gasteiger partial charge in [0, 0.05) is 30.6 Å². The third kappa shape index (κ3) is 4.49. The Labute approximate surface area is 179 Å². The number of carbonyl (C=O) groups is 1. The summed E-state index contributed by atoms with van der Waals surface area (Å²) in [7, 11) is 0. The minimum absolute atomic E-state index is 0.241. The van der Waals surface area contributed by atoms with E-state index in [2.05, 4.69) is 20.5 Å². The topological polar surface area (TPSA) is 47.4 Å². The maximum absolute atomic E-state index is 13.3. The number of carbonyl (C=O) groups excluding carboxylic acids is 1. The Morgan fingerprint density at radius 1 is 1.14 bits per heavy atom. The van der Waals surface area contributed by atoms with E-state index in [0.717, 1.165) is 47.4 Å². The number of aromatic nitrogens is 2. The Kier molecular flexibility index (Phi) is 5.44. The number of hydrogen-bond donors (Lipinski definition) is 0. The van der Waals surface area contributed by atoms with Crippen LogP contribution in [0.25, 0.3) is 11.3 Å². The molecule has 1 saturated carbocycles. The highest BCUT2D eigenvalue weighted by atomic mass is 79.9. The van der Waals surface area contributed by atoms with E-state index in [1.807, 2.05) is 20.8 Å². The highest BCUT2D eigenvalue weighted by molar-refractivity contribution is 9.10. The molecule has 2 aliphatic rings. The van der Waals surface area contributed by atoms with Crippen molar-refractivity contribution in [2.75, 3.05) is 13.1 Å². The predicted octanol–water partition coefficient (Wildman–Crippen LogP) is 5.90. The van der Waals surface area contributed by atoms with Crippen LogP contribution in [0, 0.1) is 5.82 Å². The summed E-state index contributed by atoms with van der Waals surface area (Å²) in [5, 5.41) is 0. The highest BCUT2D eigenvalue weighted by Gasteiger charge is 2.35. The molecule has 2 fully saturated rings. The number of nitrogens with zero attached hydrogens (tertiary/aromatic N) is 3. The normalized spacial score (nSPS) is 18.2. The summed E-state index contributed by atoms with van der Waals surface area (Å²) in [4.78, 5) is 19.1. The van der Waals surface area contributed by atoms with Crippen molar-refractivity contribution in [2.24, 2.45) is 0 Å². The van der Waals surface area contributed by atoms with E-state index in [1.54, 1.807) is 17.0 Å². The number of likely N-dealkylation sites (tertiary alicyclic amines) is 1. The van der Waals surface area contributed by atoms with Crippen LogP contribution >= 0.6 is 15.9 Å². The summed E-state index contributed by atoms with van der Waals surface area (Å²) in [5.74, 6) is 1.34. The molecule has 0 spiro atoms. The number of rotatable bonds is 3. The summed E-state index contributed by atoms with van der Waals surface area (Å²) in [6.07, 6.45) is 3.79. The van der Waals surface area contributed by atoms with E-state index in [-0.39, 0.29) is 18.0 Å². The van der Waals surface area contributed by atoms with Crippen molar-refractivity contribution in [3.63, 3.8) is 0 Å². The molecule has 1 amide bonds. The van der Waals surface area contributed by atoms with Gasteiger partial charge < -0.3 is 14.2 Å². The van der Waals surface area contributed by atoms with Gasteiger partial charge >= 0.3 is 6.09 Å². The van der Waals surface area contributed by atoms with Gasteiger partial charge in [-0.2, -0.15) is 0 Å². The van der Waals surface area contributed by atoms with E-state index < -0.39 is 5.60 Å². The number of benzene rings is 1. The maximum Gasteiger partial charge on any atom is 0.410 e. The lowest BCUT2D eigenvalue weighted by Crippen LogP contribution is -2.42. The first-order chi connectivity index (χ1) is 13.7. The standard InChI is InChI=1S/C22H27BrFN3O2/c1-22(2,3)29-21(28)26-12-10-17(11-13-26)27-19(23)18(25-20(27)15-4-5-15)14-6-8-16(24)9-7-14/h6-9,15,17H,4-5,10-13H2,1-3H3. The Hall–Kier alpha value is -1.89. The molecular formula is C22H27BrFN3O2. The molecule has 1 aromatic heterocycles. The van der Waals surface area contributed by atoms with Crippen molar-refractivity contribution in [3.05, 3.63) is 40.5 Å². The number of piperidine rings is 1. The zero-order valence-electron chi connectivity index (χ0n) is 17.1. The van der Waals surface area contributed by atoms with Gasteiger partial charge in [-0.1, -0.05) is 0 Å². The fraction of sp³-hybridized carbons (Fsp3) is 0.545. The number of halogens is 2.